The Morgan fingerprint density at radius 3 is 2.86 bits per heavy atom. The number of nitrogens with two attached hydrogens (primary N) is 1. The molecule has 2 N–H and O–H groups in total. The molecule has 1 aromatic rings. The molecule has 0 aromatic heterocycles. The number of methoxy groups -OCH3 is 1. The van der Waals surface area contributed by atoms with E-state index in [1.165, 1.54) is 44.2 Å². The van der Waals surface area contributed by atoms with E-state index in [-0.39, 0.29) is 0 Å². The number of hydrogen-bond acceptors (Lipinski definition) is 3. The first kappa shape index (κ1) is 16.2. The lowest BCUT2D eigenvalue weighted by Crippen LogP contribution is -2.34. The topological polar surface area (TPSA) is 38.5 Å². The van der Waals surface area contributed by atoms with Gasteiger partial charge >= 0.3 is 0 Å². The van der Waals surface area contributed by atoms with Gasteiger partial charge in [0.05, 0.1) is 7.11 Å². The van der Waals surface area contributed by atoms with Crippen LogP contribution in [0, 0.1) is 0 Å². The number of benzene rings is 1. The highest BCUT2D eigenvalue weighted by molar-refractivity contribution is 7.80. The van der Waals surface area contributed by atoms with Gasteiger partial charge in [-0.05, 0) is 44.0 Å². The normalized spacial score (nSPS) is 20.0. The zero-order valence-electron chi connectivity index (χ0n) is 13.1. The first-order chi connectivity index (χ1) is 10.2. The Morgan fingerprint density at radius 2 is 2.19 bits per heavy atom. The van der Waals surface area contributed by atoms with E-state index in [1.807, 2.05) is 12.1 Å². The van der Waals surface area contributed by atoms with Crippen LogP contribution in [0.5, 0.6) is 5.75 Å². The maximum Gasteiger partial charge on any atom is 0.123 e. The van der Waals surface area contributed by atoms with Crippen molar-refractivity contribution in [2.24, 2.45) is 5.73 Å². The molecule has 1 atom stereocenters. The maximum absolute atomic E-state index is 5.76. The van der Waals surface area contributed by atoms with Crippen molar-refractivity contribution in [2.45, 2.75) is 51.6 Å². The summed E-state index contributed by atoms with van der Waals surface area (Å²) in [5.74, 6) is 0.925. The Morgan fingerprint density at radius 1 is 1.38 bits per heavy atom. The van der Waals surface area contributed by atoms with Crippen LogP contribution in [0.2, 0.25) is 0 Å². The summed E-state index contributed by atoms with van der Waals surface area (Å²) in [6, 6.07) is 6.66. The molecule has 1 aliphatic heterocycles. The highest BCUT2D eigenvalue weighted by Gasteiger charge is 2.21. The first-order valence-electron chi connectivity index (χ1n) is 7.86. The van der Waals surface area contributed by atoms with Gasteiger partial charge in [-0.2, -0.15) is 0 Å². The second-order valence-electron chi connectivity index (χ2n) is 5.77. The minimum Gasteiger partial charge on any atom is -0.496 e. The minimum absolute atomic E-state index is 0.446. The van der Waals surface area contributed by atoms with E-state index < -0.39 is 0 Å². The van der Waals surface area contributed by atoms with Crippen molar-refractivity contribution in [3.63, 3.8) is 0 Å². The lowest BCUT2D eigenvalue weighted by Gasteiger charge is -2.29. The van der Waals surface area contributed by atoms with Crippen molar-refractivity contribution in [3.8, 4) is 5.75 Å². The average Bonchev–Trinajstić information content (AvgIpc) is 2.72. The third kappa shape index (κ3) is 4.17. The van der Waals surface area contributed by atoms with Gasteiger partial charge in [0.25, 0.3) is 0 Å². The highest BCUT2D eigenvalue weighted by Crippen LogP contribution is 2.26. The summed E-state index contributed by atoms with van der Waals surface area (Å²) in [4.78, 5) is 3.04. The van der Waals surface area contributed by atoms with Gasteiger partial charge in [0, 0.05) is 23.7 Å². The predicted molar refractivity (Wildman–Crippen MR) is 91.8 cm³/mol. The Kier molecular flexibility index (Phi) is 6.00. The Balaban J connectivity index is 2.23. The van der Waals surface area contributed by atoms with Crippen LogP contribution in [-0.4, -0.2) is 29.6 Å². The smallest absolute Gasteiger partial charge is 0.123 e. The molecule has 0 radical (unpaired) electrons. The summed E-state index contributed by atoms with van der Waals surface area (Å²) in [7, 11) is 1.72. The second-order valence-corrected chi connectivity index (χ2v) is 6.21. The SMILES string of the molecule is CCC1CCCCCN1Cc1cc(C(N)=S)ccc1OC. The quantitative estimate of drug-likeness (QED) is 0.845. The fourth-order valence-corrected chi connectivity index (χ4v) is 3.31. The molecular weight excluding hydrogens is 280 g/mol. The standard InChI is InChI=1S/C17H26N2OS/c1-3-15-7-5-4-6-10-19(15)12-14-11-13(17(18)21)8-9-16(14)20-2/h8-9,11,15H,3-7,10,12H2,1-2H3,(H2,18,21). The second kappa shape index (κ2) is 7.76. The molecule has 1 saturated heterocycles. The van der Waals surface area contributed by atoms with Crippen molar-refractivity contribution < 1.29 is 4.74 Å². The molecule has 0 spiro atoms. The van der Waals surface area contributed by atoms with Crippen LogP contribution in [-0.2, 0) is 6.54 Å². The summed E-state index contributed by atoms with van der Waals surface area (Å²) in [5, 5.41) is 0. The third-order valence-corrected chi connectivity index (χ3v) is 4.64. The number of nitrogens with zero attached hydrogens (tertiary/aromatic N) is 1. The molecular formula is C17H26N2OS. The Bertz CT molecular complexity index is 490. The van der Waals surface area contributed by atoms with Gasteiger partial charge in [0.1, 0.15) is 10.7 Å². The van der Waals surface area contributed by atoms with E-state index in [0.717, 1.165) is 17.9 Å². The van der Waals surface area contributed by atoms with Crippen LogP contribution in [0.4, 0.5) is 0 Å². The van der Waals surface area contributed by atoms with Crippen molar-refractivity contribution in [1.29, 1.82) is 0 Å². The van der Waals surface area contributed by atoms with Crippen LogP contribution in [0.1, 0.15) is 50.2 Å². The lowest BCUT2D eigenvalue weighted by molar-refractivity contribution is 0.184. The number of ether oxygens (including phenoxy) is 1. The molecule has 1 aromatic carbocycles. The summed E-state index contributed by atoms with van der Waals surface area (Å²) in [6.07, 6.45) is 6.48. The molecule has 0 aliphatic carbocycles. The van der Waals surface area contributed by atoms with E-state index in [2.05, 4.69) is 17.9 Å². The van der Waals surface area contributed by atoms with Crippen LogP contribution in [0.25, 0.3) is 0 Å². The largest absolute Gasteiger partial charge is 0.496 e. The fourth-order valence-electron chi connectivity index (χ4n) is 3.18. The van der Waals surface area contributed by atoms with E-state index in [9.17, 15) is 0 Å². The average molecular weight is 306 g/mol. The molecule has 3 nitrogen and oxygen atoms in total. The molecule has 1 fully saturated rings. The Hall–Kier alpha value is -1.13. The minimum atomic E-state index is 0.446. The molecule has 0 saturated carbocycles. The van der Waals surface area contributed by atoms with E-state index in [4.69, 9.17) is 22.7 Å². The summed E-state index contributed by atoms with van der Waals surface area (Å²) >= 11 is 5.10. The van der Waals surface area contributed by atoms with Gasteiger partial charge < -0.3 is 10.5 Å². The molecule has 4 heteroatoms. The van der Waals surface area contributed by atoms with Crippen LogP contribution < -0.4 is 10.5 Å². The summed E-state index contributed by atoms with van der Waals surface area (Å²) in [6.45, 7) is 4.36. The molecule has 2 rings (SSSR count). The Labute approximate surface area is 133 Å². The summed E-state index contributed by atoms with van der Waals surface area (Å²) in [5.41, 5.74) is 7.87. The van der Waals surface area contributed by atoms with Crippen molar-refractivity contribution in [1.82, 2.24) is 4.90 Å². The van der Waals surface area contributed by atoms with Gasteiger partial charge in [-0.15, -0.1) is 0 Å². The van der Waals surface area contributed by atoms with Gasteiger partial charge in [-0.25, -0.2) is 0 Å². The number of thiocarbonyl (C=S) groups is 1. The molecule has 1 unspecified atom stereocenters. The fraction of sp³-hybridized carbons (Fsp3) is 0.588. The number of likely N-dealkylation sites (tertiary alicyclic amines) is 1. The monoisotopic (exact) mass is 306 g/mol. The molecule has 1 aliphatic rings. The highest BCUT2D eigenvalue weighted by atomic mass is 32.1. The van der Waals surface area contributed by atoms with Gasteiger partial charge in [-0.3, -0.25) is 4.90 Å². The van der Waals surface area contributed by atoms with E-state index >= 15 is 0 Å². The first-order valence-corrected chi connectivity index (χ1v) is 8.27. The van der Waals surface area contributed by atoms with E-state index in [0.29, 0.717) is 11.0 Å². The van der Waals surface area contributed by atoms with Gasteiger partial charge in [-0.1, -0.05) is 32.0 Å². The molecule has 1 heterocycles. The van der Waals surface area contributed by atoms with Crippen molar-refractivity contribution >= 4 is 17.2 Å². The third-order valence-electron chi connectivity index (χ3n) is 4.41. The predicted octanol–water partition coefficient (Wildman–Crippen LogP) is 3.48. The maximum atomic E-state index is 5.76. The molecule has 21 heavy (non-hydrogen) atoms. The van der Waals surface area contributed by atoms with Crippen LogP contribution in [0.3, 0.4) is 0 Å². The summed E-state index contributed by atoms with van der Waals surface area (Å²) < 4.78 is 5.51. The lowest BCUT2D eigenvalue weighted by atomic mass is 10.1. The molecule has 116 valence electrons. The van der Waals surface area contributed by atoms with Gasteiger partial charge in [0.15, 0.2) is 0 Å². The zero-order valence-corrected chi connectivity index (χ0v) is 13.9. The number of hydrogen-bond donors (Lipinski definition) is 1. The molecule has 0 bridgehead atoms. The van der Waals surface area contributed by atoms with Crippen molar-refractivity contribution in [2.75, 3.05) is 13.7 Å². The van der Waals surface area contributed by atoms with E-state index in [1.54, 1.807) is 7.11 Å². The number of rotatable bonds is 5. The van der Waals surface area contributed by atoms with Crippen molar-refractivity contribution in [3.05, 3.63) is 29.3 Å². The molecule has 0 amide bonds. The van der Waals surface area contributed by atoms with Gasteiger partial charge in [0.2, 0.25) is 0 Å². The van der Waals surface area contributed by atoms with Crippen LogP contribution >= 0.6 is 12.2 Å². The van der Waals surface area contributed by atoms with Crippen LogP contribution in [0.15, 0.2) is 18.2 Å². The zero-order chi connectivity index (χ0) is 15.2.